The van der Waals surface area contributed by atoms with Crippen LogP contribution in [-0.4, -0.2) is 33.3 Å². The summed E-state index contributed by atoms with van der Waals surface area (Å²) in [6.07, 6.45) is 12.8. The van der Waals surface area contributed by atoms with E-state index in [-0.39, 0.29) is 11.8 Å². The van der Waals surface area contributed by atoms with Gasteiger partial charge in [-0.15, -0.1) is 0 Å². The summed E-state index contributed by atoms with van der Waals surface area (Å²) in [7, 11) is 0. The van der Waals surface area contributed by atoms with Gasteiger partial charge in [-0.25, -0.2) is 4.98 Å². The zero-order valence-corrected chi connectivity index (χ0v) is 25.5. The van der Waals surface area contributed by atoms with Gasteiger partial charge in [0.15, 0.2) is 11.6 Å². The number of fused-ring (bicyclic) bond motifs is 3. The van der Waals surface area contributed by atoms with Crippen molar-refractivity contribution >= 4 is 21.5 Å². The molecule has 0 aliphatic rings. The number of benzene rings is 4. The lowest BCUT2D eigenvalue weighted by molar-refractivity contribution is 0.302. The summed E-state index contributed by atoms with van der Waals surface area (Å²) in [6.45, 7) is 5.20. The van der Waals surface area contributed by atoms with Crippen LogP contribution >= 0.6 is 0 Å². The zero-order chi connectivity index (χ0) is 29.9. The molecule has 0 amide bonds. The molecule has 43 heavy (non-hydrogen) atoms. The molecule has 6 heteroatoms. The first-order valence-corrected chi connectivity index (χ1v) is 15.9. The second-order valence-corrected chi connectivity index (χ2v) is 11.1. The van der Waals surface area contributed by atoms with Gasteiger partial charge in [-0.1, -0.05) is 113 Å². The average Bonchev–Trinajstić information content (AvgIpc) is 3.03. The lowest BCUT2D eigenvalue weighted by Gasteiger charge is -2.13. The molecule has 1 N–H and O–H groups in total. The van der Waals surface area contributed by atoms with Gasteiger partial charge in [0.25, 0.3) is 0 Å². The zero-order valence-electron chi connectivity index (χ0n) is 25.5. The third-order valence-corrected chi connectivity index (χ3v) is 7.87. The van der Waals surface area contributed by atoms with Gasteiger partial charge in [-0.05, 0) is 53.1 Å². The van der Waals surface area contributed by atoms with Gasteiger partial charge in [0, 0.05) is 11.6 Å². The van der Waals surface area contributed by atoms with Gasteiger partial charge < -0.3 is 14.6 Å². The molecule has 0 saturated carbocycles. The number of rotatable bonds is 16. The van der Waals surface area contributed by atoms with Crippen LogP contribution in [0.15, 0.2) is 72.8 Å². The fourth-order valence-corrected chi connectivity index (χ4v) is 5.60. The Bertz CT molecular complexity index is 1640. The van der Waals surface area contributed by atoms with Crippen LogP contribution in [0.1, 0.15) is 78.1 Å². The molecule has 0 fully saturated rings. The summed E-state index contributed by atoms with van der Waals surface area (Å²) in [5.74, 6) is 1.54. The number of unbranched alkanes of at least 4 members (excludes halogenated alkanes) is 9. The predicted octanol–water partition coefficient (Wildman–Crippen LogP) is 9.92. The number of hydrogen-bond donors (Lipinski definition) is 1. The smallest absolute Gasteiger partial charge is 0.320 e. The summed E-state index contributed by atoms with van der Waals surface area (Å²) >= 11 is 0. The Hall–Kier alpha value is -4.19. The van der Waals surface area contributed by atoms with Gasteiger partial charge >= 0.3 is 6.01 Å². The number of aromatic nitrogens is 3. The molecular formula is C37H43N3O3. The Balaban J connectivity index is 1.29. The molecule has 1 aromatic heterocycles. The molecule has 5 rings (SSSR count). The lowest BCUT2D eigenvalue weighted by Crippen LogP contribution is -2.04. The van der Waals surface area contributed by atoms with E-state index in [0.29, 0.717) is 36.2 Å². The average molecular weight is 578 g/mol. The molecule has 0 atom stereocenters. The summed E-state index contributed by atoms with van der Waals surface area (Å²) in [5.41, 5.74) is 1.39. The fourth-order valence-electron chi connectivity index (χ4n) is 5.60. The number of ether oxygens (including phenoxy) is 2. The van der Waals surface area contributed by atoms with Gasteiger partial charge in [0.2, 0.25) is 0 Å². The van der Waals surface area contributed by atoms with Gasteiger partial charge in [0.05, 0.1) is 18.8 Å². The standard InChI is InChI=1S/C37H43N3O3/c1-3-5-6-7-8-9-10-11-12-17-24-43-28-22-23-32(34(41)26-28)35-38-36(40-37(39-35)42-4-2)33-25-27-18-13-14-19-29(27)30-20-15-16-21-31(30)33/h13-16,18-23,25-26,41H,3-12,17,24H2,1-2H3. The van der Waals surface area contributed by atoms with Gasteiger partial charge in [-0.2, -0.15) is 9.97 Å². The van der Waals surface area contributed by atoms with Crippen molar-refractivity contribution in [2.45, 2.75) is 78.1 Å². The highest BCUT2D eigenvalue weighted by molar-refractivity contribution is 6.13. The second kappa shape index (κ2) is 15.3. The molecule has 6 nitrogen and oxygen atoms in total. The Morgan fingerprint density at radius 1 is 0.581 bits per heavy atom. The summed E-state index contributed by atoms with van der Waals surface area (Å²) in [5, 5.41) is 15.4. The van der Waals surface area contributed by atoms with Crippen molar-refractivity contribution in [2.75, 3.05) is 13.2 Å². The van der Waals surface area contributed by atoms with Crippen LogP contribution in [0.5, 0.6) is 17.5 Å². The van der Waals surface area contributed by atoms with Crippen molar-refractivity contribution in [3.8, 4) is 40.3 Å². The van der Waals surface area contributed by atoms with E-state index >= 15 is 0 Å². The van der Waals surface area contributed by atoms with Gasteiger partial charge in [0.1, 0.15) is 11.5 Å². The topological polar surface area (TPSA) is 77.4 Å². The van der Waals surface area contributed by atoms with E-state index < -0.39 is 0 Å². The maximum atomic E-state index is 11.0. The van der Waals surface area contributed by atoms with Crippen LogP contribution in [0.4, 0.5) is 0 Å². The van der Waals surface area contributed by atoms with E-state index in [1.165, 1.54) is 56.8 Å². The van der Waals surface area contributed by atoms with Crippen LogP contribution in [-0.2, 0) is 0 Å². The molecule has 4 aromatic carbocycles. The minimum absolute atomic E-state index is 0.0588. The third kappa shape index (κ3) is 7.81. The highest BCUT2D eigenvalue weighted by Crippen LogP contribution is 2.36. The summed E-state index contributed by atoms with van der Waals surface area (Å²) in [6, 6.07) is 24.2. The van der Waals surface area contributed by atoms with Crippen molar-refractivity contribution in [1.29, 1.82) is 0 Å². The SMILES string of the molecule is CCCCCCCCCCCCOc1ccc(-c2nc(OCC)nc(-c3cc4ccccc4c4ccccc34)n2)c(O)c1. The van der Waals surface area contributed by atoms with E-state index in [9.17, 15) is 5.11 Å². The quantitative estimate of drug-likeness (QED) is 0.0929. The molecule has 0 spiro atoms. The fraction of sp³-hybridized carbons (Fsp3) is 0.378. The lowest BCUT2D eigenvalue weighted by atomic mass is 9.97. The molecule has 0 unspecified atom stereocenters. The molecule has 0 bridgehead atoms. The number of phenolic OH excluding ortho intramolecular Hbond substituents is 1. The largest absolute Gasteiger partial charge is 0.507 e. The first kappa shape index (κ1) is 30.3. The van der Waals surface area contributed by atoms with Gasteiger partial charge in [-0.3, -0.25) is 0 Å². The molecule has 0 radical (unpaired) electrons. The first-order valence-electron chi connectivity index (χ1n) is 15.9. The molecule has 0 aliphatic heterocycles. The van der Waals surface area contributed by atoms with E-state index in [4.69, 9.17) is 14.5 Å². The second-order valence-electron chi connectivity index (χ2n) is 11.1. The molecule has 1 heterocycles. The summed E-state index contributed by atoms with van der Waals surface area (Å²) in [4.78, 5) is 14.0. The van der Waals surface area contributed by atoms with Crippen LogP contribution < -0.4 is 9.47 Å². The maximum absolute atomic E-state index is 11.0. The van der Waals surface area contributed by atoms with E-state index in [0.717, 1.165) is 34.6 Å². The van der Waals surface area contributed by atoms with Crippen molar-refractivity contribution in [1.82, 2.24) is 15.0 Å². The number of phenols is 1. The van der Waals surface area contributed by atoms with Crippen molar-refractivity contribution in [3.63, 3.8) is 0 Å². The molecule has 0 saturated heterocycles. The Morgan fingerprint density at radius 2 is 1.21 bits per heavy atom. The first-order chi connectivity index (χ1) is 21.2. The number of nitrogens with zero attached hydrogens (tertiary/aromatic N) is 3. The minimum Gasteiger partial charge on any atom is -0.507 e. The maximum Gasteiger partial charge on any atom is 0.320 e. The van der Waals surface area contributed by atoms with Crippen molar-refractivity contribution in [3.05, 3.63) is 72.8 Å². The van der Waals surface area contributed by atoms with E-state index in [1.54, 1.807) is 12.1 Å². The molecule has 5 aromatic rings. The number of hydrogen-bond acceptors (Lipinski definition) is 6. The summed E-state index contributed by atoms with van der Waals surface area (Å²) < 4.78 is 11.7. The number of aromatic hydroxyl groups is 1. The minimum atomic E-state index is 0.0588. The molecule has 0 aliphatic carbocycles. The van der Waals surface area contributed by atoms with Crippen LogP contribution in [0.2, 0.25) is 0 Å². The van der Waals surface area contributed by atoms with Crippen LogP contribution in [0, 0.1) is 0 Å². The monoisotopic (exact) mass is 577 g/mol. The Labute approximate surface area is 255 Å². The molecular weight excluding hydrogens is 534 g/mol. The Kier molecular flexibility index (Phi) is 10.8. The van der Waals surface area contributed by atoms with Crippen LogP contribution in [0.3, 0.4) is 0 Å². The van der Waals surface area contributed by atoms with Crippen LogP contribution in [0.25, 0.3) is 44.3 Å². The van der Waals surface area contributed by atoms with Crippen molar-refractivity contribution in [2.24, 2.45) is 0 Å². The molecule has 224 valence electrons. The van der Waals surface area contributed by atoms with Crippen molar-refractivity contribution < 1.29 is 14.6 Å². The Morgan fingerprint density at radius 3 is 1.91 bits per heavy atom. The predicted molar refractivity (Wildman–Crippen MR) is 176 cm³/mol. The van der Waals surface area contributed by atoms with E-state index in [2.05, 4.69) is 53.3 Å². The van der Waals surface area contributed by atoms with E-state index in [1.807, 2.05) is 31.2 Å². The normalized spacial score (nSPS) is 11.3. The highest BCUT2D eigenvalue weighted by Gasteiger charge is 2.17. The third-order valence-electron chi connectivity index (χ3n) is 7.87. The highest BCUT2D eigenvalue weighted by atomic mass is 16.5.